The van der Waals surface area contributed by atoms with Crippen LogP contribution in [0.4, 0.5) is 17.3 Å². The van der Waals surface area contributed by atoms with E-state index in [-0.39, 0.29) is 6.54 Å². The lowest BCUT2D eigenvalue weighted by molar-refractivity contribution is 1.07. The Bertz CT molecular complexity index is 603. The fourth-order valence-electron chi connectivity index (χ4n) is 1.82. The lowest BCUT2D eigenvalue weighted by Crippen LogP contribution is -2.13. The molecule has 2 rings (SSSR count). The molecule has 5 heteroatoms. The van der Waals surface area contributed by atoms with Gasteiger partial charge in [0, 0.05) is 18.8 Å². The average Bonchev–Trinajstić information content (AvgIpc) is 2.45. The minimum atomic E-state index is 0.227. The highest BCUT2D eigenvalue weighted by Gasteiger charge is 2.08. The molecule has 96 valence electrons. The van der Waals surface area contributed by atoms with E-state index in [9.17, 15) is 0 Å². The quantitative estimate of drug-likeness (QED) is 0.848. The van der Waals surface area contributed by atoms with Crippen LogP contribution < -0.4 is 10.2 Å². The minimum absolute atomic E-state index is 0.227. The Balaban J connectivity index is 2.27. The second kappa shape index (κ2) is 5.83. The third kappa shape index (κ3) is 2.99. The molecule has 1 N–H and O–H groups in total. The van der Waals surface area contributed by atoms with Gasteiger partial charge in [-0.2, -0.15) is 5.26 Å². The van der Waals surface area contributed by atoms with Gasteiger partial charge in [-0.05, 0) is 18.6 Å². The van der Waals surface area contributed by atoms with Gasteiger partial charge in [0.1, 0.15) is 24.5 Å². The summed E-state index contributed by atoms with van der Waals surface area (Å²) < 4.78 is 0. The van der Waals surface area contributed by atoms with Gasteiger partial charge in [-0.3, -0.25) is 0 Å². The molecule has 0 saturated carbocycles. The molecule has 5 nitrogen and oxygen atoms in total. The topological polar surface area (TPSA) is 64.8 Å². The lowest BCUT2D eigenvalue weighted by Gasteiger charge is -2.20. The van der Waals surface area contributed by atoms with E-state index in [0.29, 0.717) is 5.82 Å². The maximum absolute atomic E-state index is 8.55. The largest absolute Gasteiger partial charge is 0.357 e. The summed E-state index contributed by atoms with van der Waals surface area (Å²) in [4.78, 5) is 10.3. The summed E-state index contributed by atoms with van der Waals surface area (Å²) in [5.74, 6) is 1.43. The first-order valence-electron chi connectivity index (χ1n) is 5.94. The van der Waals surface area contributed by atoms with Crippen LogP contribution in [0, 0.1) is 18.3 Å². The predicted molar refractivity (Wildman–Crippen MR) is 75.4 cm³/mol. The van der Waals surface area contributed by atoms with E-state index in [1.165, 1.54) is 11.9 Å². The first kappa shape index (κ1) is 12.8. The molecule has 0 saturated heterocycles. The Morgan fingerprint density at radius 2 is 2.11 bits per heavy atom. The third-order valence-electron chi connectivity index (χ3n) is 2.82. The maximum atomic E-state index is 8.55. The number of para-hydroxylation sites is 1. The summed E-state index contributed by atoms with van der Waals surface area (Å²) in [6, 6.07) is 11.9. The van der Waals surface area contributed by atoms with Crippen molar-refractivity contribution in [1.82, 2.24) is 9.97 Å². The van der Waals surface area contributed by atoms with Crippen LogP contribution in [0.25, 0.3) is 0 Å². The van der Waals surface area contributed by atoms with Gasteiger partial charge >= 0.3 is 0 Å². The molecule has 1 aromatic heterocycles. The van der Waals surface area contributed by atoms with Crippen LogP contribution in [-0.2, 0) is 0 Å². The van der Waals surface area contributed by atoms with E-state index in [4.69, 9.17) is 5.26 Å². The second-order valence-corrected chi connectivity index (χ2v) is 4.12. The summed E-state index contributed by atoms with van der Waals surface area (Å²) in [6.07, 6.45) is 1.49. The number of benzene rings is 1. The van der Waals surface area contributed by atoms with Crippen LogP contribution in [-0.4, -0.2) is 23.6 Å². The highest BCUT2D eigenvalue weighted by Crippen LogP contribution is 2.25. The van der Waals surface area contributed by atoms with Crippen LogP contribution in [0.3, 0.4) is 0 Å². The number of nitriles is 1. The van der Waals surface area contributed by atoms with Crippen molar-refractivity contribution in [2.24, 2.45) is 0 Å². The summed E-state index contributed by atoms with van der Waals surface area (Å²) in [6.45, 7) is 2.28. The Labute approximate surface area is 112 Å². The normalized spacial score (nSPS) is 9.74. The molecular weight excluding hydrogens is 238 g/mol. The maximum Gasteiger partial charge on any atom is 0.138 e. The van der Waals surface area contributed by atoms with Crippen molar-refractivity contribution in [2.45, 2.75) is 6.92 Å². The van der Waals surface area contributed by atoms with Gasteiger partial charge in [-0.1, -0.05) is 18.2 Å². The molecule has 0 unspecified atom stereocenters. The Morgan fingerprint density at radius 1 is 1.32 bits per heavy atom. The number of aromatic nitrogens is 2. The molecule has 0 aliphatic heterocycles. The molecule has 0 atom stereocenters. The average molecular weight is 253 g/mol. The molecule has 0 aliphatic rings. The minimum Gasteiger partial charge on any atom is -0.357 e. The second-order valence-electron chi connectivity index (χ2n) is 4.12. The van der Waals surface area contributed by atoms with Gasteiger partial charge in [0.05, 0.1) is 6.07 Å². The smallest absolute Gasteiger partial charge is 0.138 e. The Morgan fingerprint density at radius 3 is 2.84 bits per heavy atom. The molecule has 0 fully saturated rings. The van der Waals surface area contributed by atoms with Crippen LogP contribution in [0.1, 0.15) is 5.56 Å². The molecule has 0 amide bonds. The zero-order valence-corrected chi connectivity index (χ0v) is 11.0. The summed E-state index contributed by atoms with van der Waals surface area (Å²) in [5.41, 5.74) is 2.27. The summed E-state index contributed by atoms with van der Waals surface area (Å²) >= 11 is 0. The Kier molecular flexibility index (Phi) is 3.94. The molecule has 2 aromatic rings. The zero-order chi connectivity index (χ0) is 13.7. The van der Waals surface area contributed by atoms with Gasteiger partial charge in [0.15, 0.2) is 0 Å². The van der Waals surface area contributed by atoms with Crippen LogP contribution >= 0.6 is 0 Å². The summed E-state index contributed by atoms with van der Waals surface area (Å²) in [7, 11) is 1.96. The van der Waals surface area contributed by atoms with E-state index in [0.717, 1.165) is 11.5 Å². The summed E-state index contributed by atoms with van der Waals surface area (Å²) in [5, 5.41) is 11.5. The first-order chi connectivity index (χ1) is 9.22. The van der Waals surface area contributed by atoms with Crippen LogP contribution in [0.15, 0.2) is 36.7 Å². The van der Waals surface area contributed by atoms with Crippen molar-refractivity contribution in [3.8, 4) is 6.07 Å². The highest BCUT2D eigenvalue weighted by molar-refractivity contribution is 5.64. The fourth-order valence-corrected chi connectivity index (χ4v) is 1.82. The number of aryl methyl sites for hydroxylation is 1. The molecule has 0 aliphatic carbocycles. The van der Waals surface area contributed by atoms with Crippen molar-refractivity contribution < 1.29 is 0 Å². The number of anilines is 3. The van der Waals surface area contributed by atoms with E-state index < -0.39 is 0 Å². The van der Waals surface area contributed by atoms with Gasteiger partial charge in [-0.15, -0.1) is 0 Å². The van der Waals surface area contributed by atoms with Gasteiger partial charge in [0.2, 0.25) is 0 Å². The number of hydrogen-bond acceptors (Lipinski definition) is 5. The molecule has 1 aromatic carbocycles. The number of rotatable bonds is 4. The van der Waals surface area contributed by atoms with Gasteiger partial charge in [-0.25, -0.2) is 9.97 Å². The standard InChI is InChI=1S/C14H15N5/c1-11-5-3-4-6-12(11)19(2)14-9-13(16-8-7-15)17-10-18-14/h3-6,9-10H,8H2,1-2H3,(H,16,17,18). The first-order valence-corrected chi connectivity index (χ1v) is 5.94. The van der Waals surface area contributed by atoms with Crippen molar-refractivity contribution in [2.75, 3.05) is 23.8 Å². The van der Waals surface area contributed by atoms with Gasteiger partial charge in [0.25, 0.3) is 0 Å². The van der Waals surface area contributed by atoms with Crippen LogP contribution in [0.2, 0.25) is 0 Å². The number of nitrogens with one attached hydrogen (secondary N) is 1. The fraction of sp³-hybridized carbons (Fsp3) is 0.214. The number of hydrogen-bond donors (Lipinski definition) is 1. The van der Waals surface area contributed by atoms with E-state index in [1.54, 1.807) is 0 Å². The Hall–Kier alpha value is -2.61. The number of nitrogens with zero attached hydrogens (tertiary/aromatic N) is 4. The van der Waals surface area contributed by atoms with Crippen LogP contribution in [0.5, 0.6) is 0 Å². The van der Waals surface area contributed by atoms with Gasteiger partial charge < -0.3 is 10.2 Å². The highest BCUT2D eigenvalue weighted by atomic mass is 15.2. The molecule has 0 spiro atoms. The zero-order valence-electron chi connectivity index (χ0n) is 11.0. The monoisotopic (exact) mass is 253 g/mol. The SMILES string of the molecule is Cc1ccccc1N(C)c1cc(NCC#N)ncn1. The molecule has 0 bridgehead atoms. The predicted octanol–water partition coefficient (Wildman–Crippen LogP) is 2.49. The van der Waals surface area contributed by atoms with E-state index in [1.807, 2.05) is 42.3 Å². The van der Waals surface area contributed by atoms with Crippen molar-refractivity contribution in [1.29, 1.82) is 5.26 Å². The van der Waals surface area contributed by atoms with E-state index in [2.05, 4.69) is 28.3 Å². The molecule has 1 heterocycles. The van der Waals surface area contributed by atoms with Crippen molar-refractivity contribution in [3.63, 3.8) is 0 Å². The van der Waals surface area contributed by atoms with Crippen molar-refractivity contribution >= 4 is 17.3 Å². The third-order valence-corrected chi connectivity index (χ3v) is 2.82. The molecular formula is C14H15N5. The van der Waals surface area contributed by atoms with E-state index >= 15 is 0 Å². The molecule has 19 heavy (non-hydrogen) atoms. The molecule has 0 radical (unpaired) electrons. The van der Waals surface area contributed by atoms with Crippen molar-refractivity contribution in [3.05, 3.63) is 42.2 Å². The lowest BCUT2D eigenvalue weighted by atomic mass is 10.2.